The van der Waals surface area contributed by atoms with Crippen molar-refractivity contribution in [2.75, 3.05) is 4.90 Å². The van der Waals surface area contributed by atoms with Crippen LogP contribution >= 0.6 is 0 Å². The normalized spacial score (nSPS) is 10.5. The van der Waals surface area contributed by atoms with Crippen LogP contribution in [0.2, 0.25) is 0 Å². The quantitative estimate of drug-likeness (QED) is 0.398. The van der Waals surface area contributed by atoms with E-state index in [4.69, 9.17) is 0 Å². The number of rotatable bonds is 10. The van der Waals surface area contributed by atoms with Crippen LogP contribution in [0.15, 0.2) is 98.5 Å². The zero-order valence-corrected chi connectivity index (χ0v) is 17.4. The number of benzene rings is 2. The lowest BCUT2D eigenvalue weighted by molar-refractivity contribution is 0.179. The maximum absolute atomic E-state index is 15.0. The van der Waals surface area contributed by atoms with E-state index in [9.17, 15) is 13.2 Å². The Balaban J connectivity index is 1.81. The molecule has 0 fully saturated rings. The van der Waals surface area contributed by atoms with Gasteiger partial charge in [-0.1, -0.05) is 50.1 Å². The summed E-state index contributed by atoms with van der Waals surface area (Å²) < 4.78 is 40.1. The number of para-hydroxylation sites is 1. The maximum Gasteiger partial charge on any atom is 0.279 e. The van der Waals surface area contributed by atoms with Gasteiger partial charge in [0.1, 0.15) is 5.82 Å². The first-order chi connectivity index (χ1) is 15.4. The van der Waals surface area contributed by atoms with E-state index in [2.05, 4.69) is 35.6 Å². The molecule has 2 aromatic carbocycles. The average Bonchev–Trinajstić information content (AvgIpc) is 2.82. The summed E-state index contributed by atoms with van der Waals surface area (Å²) in [5.74, 6) is -0.457. The molecule has 2 N–H and O–H groups in total. The van der Waals surface area contributed by atoms with Crippen LogP contribution in [0, 0.1) is 5.82 Å². The van der Waals surface area contributed by atoms with E-state index in [0.29, 0.717) is 16.8 Å². The van der Waals surface area contributed by atoms with Gasteiger partial charge in [0.05, 0.1) is 17.9 Å². The Kier molecular flexibility index (Phi) is 7.33. The van der Waals surface area contributed by atoms with Crippen molar-refractivity contribution in [2.45, 2.75) is 13.0 Å². The van der Waals surface area contributed by atoms with Crippen LogP contribution in [0.3, 0.4) is 0 Å². The second kappa shape index (κ2) is 10.3. The summed E-state index contributed by atoms with van der Waals surface area (Å²) in [5, 5.41) is 0. The SMILES string of the molecule is C=C(NNC(=C)C(F)F)c1ccc(CN(C(=C)c2ccncc2)c2ccccc2)c(F)c1. The lowest BCUT2D eigenvalue weighted by Crippen LogP contribution is -2.31. The minimum Gasteiger partial charge on any atom is -0.337 e. The molecule has 0 radical (unpaired) electrons. The molecule has 32 heavy (non-hydrogen) atoms. The number of anilines is 1. The van der Waals surface area contributed by atoms with E-state index >= 15 is 0 Å². The van der Waals surface area contributed by atoms with Crippen molar-refractivity contribution in [3.8, 4) is 0 Å². The van der Waals surface area contributed by atoms with Gasteiger partial charge in [0.25, 0.3) is 6.43 Å². The van der Waals surface area contributed by atoms with Crippen LogP contribution in [0.4, 0.5) is 18.9 Å². The van der Waals surface area contributed by atoms with E-state index in [1.807, 2.05) is 47.4 Å². The molecule has 0 atom stereocenters. The Labute approximate surface area is 185 Å². The molecule has 0 saturated heterocycles. The van der Waals surface area contributed by atoms with Crippen molar-refractivity contribution >= 4 is 17.1 Å². The highest BCUT2D eigenvalue weighted by molar-refractivity contribution is 5.77. The highest BCUT2D eigenvalue weighted by Crippen LogP contribution is 2.28. The summed E-state index contributed by atoms with van der Waals surface area (Å²) in [6.45, 7) is 11.4. The molecule has 1 heterocycles. The van der Waals surface area contributed by atoms with Crippen molar-refractivity contribution in [1.29, 1.82) is 0 Å². The van der Waals surface area contributed by atoms with Crippen molar-refractivity contribution in [3.05, 3.63) is 121 Å². The summed E-state index contributed by atoms with van der Waals surface area (Å²) in [5.41, 5.74) is 7.78. The summed E-state index contributed by atoms with van der Waals surface area (Å²) in [4.78, 5) is 5.95. The summed E-state index contributed by atoms with van der Waals surface area (Å²) in [6, 6.07) is 17.8. The summed E-state index contributed by atoms with van der Waals surface area (Å²) >= 11 is 0. The lowest BCUT2D eigenvalue weighted by Gasteiger charge is -2.27. The number of hydrogen-bond donors (Lipinski definition) is 2. The number of allylic oxidation sites excluding steroid dienone is 1. The van der Waals surface area contributed by atoms with Crippen LogP contribution in [-0.2, 0) is 6.54 Å². The lowest BCUT2D eigenvalue weighted by atomic mass is 10.1. The van der Waals surface area contributed by atoms with E-state index in [-0.39, 0.29) is 12.2 Å². The third kappa shape index (κ3) is 5.57. The fraction of sp³-hybridized carbons (Fsp3) is 0.0800. The van der Waals surface area contributed by atoms with E-state index < -0.39 is 17.9 Å². The monoisotopic (exact) mass is 436 g/mol. The van der Waals surface area contributed by atoms with Gasteiger partial charge in [-0.15, -0.1) is 0 Å². The fourth-order valence-electron chi connectivity index (χ4n) is 2.97. The van der Waals surface area contributed by atoms with Gasteiger partial charge >= 0.3 is 0 Å². The molecule has 0 unspecified atom stereocenters. The van der Waals surface area contributed by atoms with Gasteiger partial charge in [-0.2, -0.15) is 0 Å². The molecule has 0 aliphatic carbocycles. The molecule has 0 aliphatic heterocycles. The molecule has 0 aliphatic rings. The Morgan fingerprint density at radius 1 is 0.906 bits per heavy atom. The molecule has 0 saturated carbocycles. The summed E-state index contributed by atoms with van der Waals surface area (Å²) in [6.07, 6.45) is 0.620. The van der Waals surface area contributed by atoms with Gasteiger partial charge in [-0.25, -0.2) is 13.2 Å². The molecule has 0 amide bonds. The average molecular weight is 436 g/mol. The second-order valence-corrected chi connectivity index (χ2v) is 6.96. The number of hydrazine groups is 1. The van der Waals surface area contributed by atoms with E-state index in [0.717, 1.165) is 11.3 Å². The number of pyridine rings is 1. The molecule has 3 rings (SSSR count). The van der Waals surface area contributed by atoms with E-state index in [1.165, 1.54) is 6.07 Å². The van der Waals surface area contributed by atoms with Gasteiger partial charge in [-0.3, -0.25) is 10.4 Å². The Bertz CT molecular complexity index is 1100. The second-order valence-electron chi connectivity index (χ2n) is 6.96. The van der Waals surface area contributed by atoms with Gasteiger partial charge in [0, 0.05) is 40.5 Å². The molecule has 4 nitrogen and oxygen atoms in total. The van der Waals surface area contributed by atoms with Crippen LogP contribution in [-0.4, -0.2) is 11.4 Å². The predicted octanol–water partition coefficient (Wildman–Crippen LogP) is 5.74. The van der Waals surface area contributed by atoms with Crippen LogP contribution in [0.1, 0.15) is 16.7 Å². The molecule has 0 spiro atoms. The van der Waals surface area contributed by atoms with Crippen molar-refractivity contribution in [3.63, 3.8) is 0 Å². The molecule has 0 bridgehead atoms. The summed E-state index contributed by atoms with van der Waals surface area (Å²) in [7, 11) is 0. The highest BCUT2D eigenvalue weighted by Gasteiger charge is 2.16. The predicted molar refractivity (Wildman–Crippen MR) is 123 cm³/mol. The third-order valence-corrected chi connectivity index (χ3v) is 4.77. The van der Waals surface area contributed by atoms with Crippen LogP contribution < -0.4 is 15.8 Å². The largest absolute Gasteiger partial charge is 0.337 e. The molecule has 164 valence electrons. The van der Waals surface area contributed by atoms with Crippen molar-refractivity contribution < 1.29 is 13.2 Å². The molecular formula is C25H23F3N4. The number of nitrogens with one attached hydrogen (secondary N) is 2. The first-order valence-electron chi connectivity index (χ1n) is 9.75. The Morgan fingerprint density at radius 2 is 1.59 bits per heavy atom. The first kappa shape index (κ1) is 22.7. The van der Waals surface area contributed by atoms with Crippen molar-refractivity contribution in [2.24, 2.45) is 0 Å². The minimum absolute atomic E-state index is 0.234. The molecule has 7 heteroatoms. The highest BCUT2D eigenvalue weighted by atomic mass is 19.3. The third-order valence-electron chi connectivity index (χ3n) is 4.77. The van der Waals surface area contributed by atoms with Gasteiger partial charge in [0.15, 0.2) is 0 Å². The number of alkyl halides is 2. The smallest absolute Gasteiger partial charge is 0.279 e. The first-order valence-corrected chi connectivity index (χ1v) is 9.75. The number of hydrogen-bond acceptors (Lipinski definition) is 4. The van der Waals surface area contributed by atoms with Gasteiger partial charge in [0.2, 0.25) is 0 Å². The molecule has 1 aromatic heterocycles. The van der Waals surface area contributed by atoms with Crippen molar-refractivity contribution in [1.82, 2.24) is 15.8 Å². The Morgan fingerprint density at radius 3 is 2.22 bits per heavy atom. The standard InChI is InChI=1S/C25H23F3N4/c1-17(30-31-18(2)25(27)28)21-9-10-22(24(26)15-21)16-32(23-7-5-4-6-8-23)19(3)20-11-13-29-14-12-20/h4-15,25,30-31H,1-3,16H2. The molecule has 3 aromatic rings. The zero-order valence-electron chi connectivity index (χ0n) is 17.4. The number of aromatic nitrogens is 1. The zero-order chi connectivity index (χ0) is 23.1. The fourth-order valence-corrected chi connectivity index (χ4v) is 2.97. The van der Waals surface area contributed by atoms with Gasteiger partial charge in [-0.05, 0) is 30.3 Å². The molecular weight excluding hydrogens is 413 g/mol. The Hall–Kier alpha value is -4.00. The van der Waals surface area contributed by atoms with Crippen LogP contribution in [0.25, 0.3) is 11.4 Å². The van der Waals surface area contributed by atoms with Crippen LogP contribution in [0.5, 0.6) is 0 Å². The van der Waals surface area contributed by atoms with Gasteiger partial charge < -0.3 is 10.3 Å². The number of halogens is 3. The topological polar surface area (TPSA) is 40.2 Å². The number of nitrogens with zero attached hydrogens (tertiary/aromatic N) is 2. The maximum atomic E-state index is 15.0. The minimum atomic E-state index is -2.73. The van der Waals surface area contributed by atoms with E-state index in [1.54, 1.807) is 24.5 Å².